The molecule has 1 saturated heterocycles. The first kappa shape index (κ1) is 7.22. The van der Waals surface area contributed by atoms with E-state index in [9.17, 15) is 9.18 Å². The number of Topliss-reactive ketones (excluding diaryl/α,β-unsaturated/α-hetero) is 1. The molecular formula is C8H12FNO. The topological polar surface area (TPSA) is 20.3 Å². The van der Waals surface area contributed by atoms with Gasteiger partial charge in [0.1, 0.15) is 0 Å². The van der Waals surface area contributed by atoms with E-state index in [0.717, 1.165) is 13.1 Å². The summed E-state index contributed by atoms with van der Waals surface area (Å²) < 4.78 is 12.8. The van der Waals surface area contributed by atoms with E-state index in [0.29, 0.717) is 12.3 Å². The zero-order chi connectivity index (χ0) is 8.01. The van der Waals surface area contributed by atoms with Crippen LogP contribution in [0.4, 0.5) is 4.39 Å². The molecule has 0 aromatic carbocycles. The molecule has 62 valence electrons. The minimum Gasteiger partial charge on any atom is -0.305 e. The van der Waals surface area contributed by atoms with Crippen molar-refractivity contribution in [2.75, 3.05) is 20.1 Å². The van der Waals surface area contributed by atoms with Crippen LogP contribution in [0.5, 0.6) is 0 Å². The van der Waals surface area contributed by atoms with E-state index < -0.39 is 6.17 Å². The molecule has 0 amide bonds. The van der Waals surface area contributed by atoms with Crippen LogP contribution in [0.2, 0.25) is 0 Å². The van der Waals surface area contributed by atoms with Crippen molar-refractivity contribution in [3.8, 4) is 0 Å². The van der Waals surface area contributed by atoms with Crippen LogP contribution in [-0.4, -0.2) is 37.0 Å². The number of carbonyl (C=O) groups excluding carboxylic acids is 1. The lowest BCUT2D eigenvalue weighted by Crippen LogP contribution is -2.22. The second-order valence-electron chi connectivity index (χ2n) is 3.69. The Balaban J connectivity index is 2.13. The highest BCUT2D eigenvalue weighted by molar-refractivity contribution is 5.88. The Morgan fingerprint density at radius 3 is 2.91 bits per heavy atom. The van der Waals surface area contributed by atoms with Crippen LogP contribution in [-0.2, 0) is 4.79 Å². The number of alkyl halides is 1. The minimum absolute atomic E-state index is 0.00926. The van der Waals surface area contributed by atoms with Gasteiger partial charge in [-0.25, -0.2) is 4.39 Å². The van der Waals surface area contributed by atoms with Crippen LogP contribution >= 0.6 is 0 Å². The standard InChI is InChI=1S/C8H12FNO/c1-10-3-5-2-7(9)8(11)6(5)4-10/h5-7H,2-4H2,1H3/t5-,6+,7-/m0/s1. The van der Waals surface area contributed by atoms with Gasteiger partial charge in [-0.15, -0.1) is 0 Å². The van der Waals surface area contributed by atoms with Crippen molar-refractivity contribution < 1.29 is 9.18 Å². The Bertz CT molecular complexity index is 195. The average Bonchev–Trinajstić information content (AvgIpc) is 2.37. The number of carbonyl (C=O) groups is 1. The van der Waals surface area contributed by atoms with Crippen molar-refractivity contribution in [2.24, 2.45) is 11.8 Å². The summed E-state index contributed by atoms with van der Waals surface area (Å²) in [4.78, 5) is 13.2. The van der Waals surface area contributed by atoms with Gasteiger partial charge in [0.15, 0.2) is 12.0 Å². The van der Waals surface area contributed by atoms with Gasteiger partial charge in [0.05, 0.1) is 0 Å². The fraction of sp³-hybridized carbons (Fsp3) is 0.875. The zero-order valence-electron chi connectivity index (χ0n) is 6.59. The number of ketones is 1. The highest BCUT2D eigenvalue weighted by Gasteiger charge is 2.46. The fourth-order valence-electron chi connectivity index (χ4n) is 2.26. The summed E-state index contributed by atoms with van der Waals surface area (Å²) in [7, 11) is 1.98. The highest BCUT2D eigenvalue weighted by atomic mass is 19.1. The van der Waals surface area contributed by atoms with Gasteiger partial charge in [-0.3, -0.25) is 4.79 Å². The van der Waals surface area contributed by atoms with E-state index in [2.05, 4.69) is 4.90 Å². The third-order valence-corrected chi connectivity index (χ3v) is 2.81. The number of halogens is 1. The molecule has 0 bridgehead atoms. The van der Waals surface area contributed by atoms with Gasteiger partial charge in [-0.05, 0) is 19.4 Å². The van der Waals surface area contributed by atoms with Gasteiger partial charge in [0.2, 0.25) is 0 Å². The van der Waals surface area contributed by atoms with Crippen molar-refractivity contribution >= 4 is 5.78 Å². The van der Waals surface area contributed by atoms with Gasteiger partial charge in [-0.2, -0.15) is 0 Å². The van der Waals surface area contributed by atoms with E-state index in [1.165, 1.54) is 0 Å². The molecule has 2 nitrogen and oxygen atoms in total. The lowest BCUT2D eigenvalue weighted by atomic mass is 10.0. The van der Waals surface area contributed by atoms with Crippen molar-refractivity contribution in [3.63, 3.8) is 0 Å². The smallest absolute Gasteiger partial charge is 0.171 e. The second kappa shape index (κ2) is 2.27. The molecule has 1 aliphatic heterocycles. The van der Waals surface area contributed by atoms with E-state index in [1.54, 1.807) is 0 Å². The third-order valence-electron chi connectivity index (χ3n) is 2.81. The normalized spacial score (nSPS) is 44.9. The molecule has 1 aliphatic carbocycles. The second-order valence-corrected chi connectivity index (χ2v) is 3.69. The summed E-state index contributed by atoms with van der Waals surface area (Å²) in [5.41, 5.74) is 0. The largest absolute Gasteiger partial charge is 0.305 e. The lowest BCUT2D eigenvalue weighted by Gasteiger charge is -2.08. The van der Waals surface area contributed by atoms with Crippen molar-refractivity contribution in [1.29, 1.82) is 0 Å². The molecule has 0 unspecified atom stereocenters. The quantitative estimate of drug-likeness (QED) is 0.509. The summed E-state index contributed by atoms with van der Waals surface area (Å²) in [6, 6.07) is 0. The third kappa shape index (κ3) is 0.984. The van der Waals surface area contributed by atoms with Gasteiger partial charge >= 0.3 is 0 Å². The van der Waals surface area contributed by atoms with Gasteiger partial charge in [0.25, 0.3) is 0 Å². The summed E-state index contributed by atoms with van der Waals surface area (Å²) in [6.07, 6.45) is -0.688. The maximum Gasteiger partial charge on any atom is 0.171 e. The molecule has 3 heteroatoms. The minimum atomic E-state index is -1.15. The number of fused-ring (bicyclic) bond motifs is 1. The Kier molecular flexibility index (Phi) is 1.49. The number of nitrogens with zero attached hydrogens (tertiary/aromatic N) is 1. The molecule has 1 heterocycles. The molecule has 0 radical (unpaired) electrons. The van der Waals surface area contributed by atoms with Crippen molar-refractivity contribution in [1.82, 2.24) is 4.90 Å². The summed E-state index contributed by atoms with van der Waals surface area (Å²) in [5, 5.41) is 0. The van der Waals surface area contributed by atoms with Crippen LogP contribution in [0.1, 0.15) is 6.42 Å². The SMILES string of the molecule is CN1C[C@@H]2C[C@H](F)C(=O)[C@@H]2C1. The molecule has 2 fully saturated rings. The van der Waals surface area contributed by atoms with E-state index in [4.69, 9.17) is 0 Å². The summed E-state index contributed by atoms with van der Waals surface area (Å²) >= 11 is 0. The number of likely N-dealkylation sites (tertiary alicyclic amines) is 1. The molecule has 0 aromatic heterocycles. The Labute approximate surface area is 65.4 Å². The van der Waals surface area contributed by atoms with Gasteiger partial charge in [-0.1, -0.05) is 0 Å². The van der Waals surface area contributed by atoms with Crippen LogP contribution < -0.4 is 0 Å². The van der Waals surface area contributed by atoms with Crippen molar-refractivity contribution in [2.45, 2.75) is 12.6 Å². The molecule has 0 aromatic rings. The molecular weight excluding hydrogens is 145 g/mol. The van der Waals surface area contributed by atoms with Gasteiger partial charge in [0, 0.05) is 19.0 Å². The number of rotatable bonds is 0. The van der Waals surface area contributed by atoms with Crippen LogP contribution in [0, 0.1) is 11.8 Å². The first-order valence-electron chi connectivity index (χ1n) is 4.05. The Hall–Kier alpha value is -0.440. The monoisotopic (exact) mass is 157 g/mol. The Morgan fingerprint density at radius 1 is 1.55 bits per heavy atom. The van der Waals surface area contributed by atoms with E-state index >= 15 is 0 Å². The van der Waals surface area contributed by atoms with E-state index in [-0.39, 0.29) is 11.7 Å². The van der Waals surface area contributed by atoms with E-state index in [1.807, 2.05) is 7.05 Å². The zero-order valence-corrected chi connectivity index (χ0v) is 6.59. The van der Waals surface area contributed by atoms with Crippen LogP contribution in [0.25, 0.3) is 0 Å². The highest BCUT2D eigenvalue weighted by Crippen LogP contribution is 2.36. The maximum absolute atomic E-state index is 12.8. The predicted molar refractivity (Wildman–Crippen MR) is 39.0 cm³/mol. The molecule has 11 heavy (non-hydrogen) atoms. The fourth-order valence-corrected chi connectivity index (χ4v) is 2.26. The molecule has 3 atom stereocenters. The predicted octanol–water partition coefficient (Wildman–Crippen LogP) is 0.475. The maximum atomic E-state index is 12.8. The van der Waals surface area contributed by atoms with Crippen molar-refractivity contribution in [3.05, 3.63) is 0 Å². The average molecular weight is 157 g/mol. The van der Waals surface area contributed by atoms with Gasteiger partial charge < -0.3 is 4.90 Å². The molecule has 2 rings (SSSR count). The molecule has 0 spiro atoms. The molecule has 1 saturated carbocycles. The van der Waals surface area contributed by atoms with Crippen LogP contribution in [0.15, 0.2) is 0 Å². The summed E-state index contributed by atoms with van der Waals surface area (Å²) in [6.45, 7) is 1.67. The number of hydrogen-bond acceptors (Lipinski definition) is 2. The molecule has 0 N–H and O–H groups in total. The summed E-state index contributed by atoms with van der Waals surface area (Å²) in [5.74, 6) is 0.164. The first-order valence-corrected chi connectivity index (χ1v) is 4.05. The van der Waals surface area contributed by atoms with Crippen LogP contribution in [0.3, 0.4) is 0 Å². The number of hydrogen-bond donors (Lipinski definition) is 0. The lowest BCUT2D eigenvalue weighted by molar-refractivity contribution is -0.124. The first-order chi connectivity index (χ1) is 5.18. The Morgan fingerprint density at radius 2 is 2.27 bits per heavy atom. The molecule has 2 aliphatic rings.